The third-order valence-electron chi connectivity index (χ3n) is 1.82. The first-order valence-electron chi connectivity index (χ1n) is 4.70. The van der Waals surface area contributed by atoms with E-state index in [4.69, 9.17) is 16.0 Å². The molecule has 0 radical (unpaired) electrons. The number of hydrogen-bond acceptors (Lipinski definition) is 3. The van der Waals surface area contributed by atoms with E-state index in [0.717, 1.165) is 5.76 Å². The molecule has 1 N–H and O–H groups in total. The minimum atomic E-state index is -3.17. The van der Waals surface area contributed by atoms with Crippen LogP contribution in [0.4, 0.5) is 0 Å². The van der Waals surface area contributed by atoms with Gasteiger partial charge in [0.05, 0.1) is 12.0 Å². The highest BCUT2D eigenvalue weighted by Crippen LogP contribution is 2.00. The van der Waals surface area contributed by atoms with Gasteiger partial charge in [0.25, 0.3) is 0 Å². The molecule has 0 unspecified atom stereocenters. The van der Waals surface area contributed by atoms with Gasteiger partial charge in [-0.05, 0) is 18.6 Å². The van der Waals surface area contributed by atoms with E-state index in [9.17, 15) is 8.42 Å². The molecule has 86 valence electrons. The Labute approximate surface area is 94.7 Å². The van der Waals surface area contributed by atoms with Gasteiger partial charge in [-0.3, -0.25) is 0 Å². The number of nitrogens with one attached hydrogen (secondary N) is 1. The van der Waals surface area contributed by atoms with Crippen LogP contribution in [0.15, 0.2) is 22.8 Å². The molecule has 0 bridgehead atoms. The van der Waals surface area contributed by atoms with Crippen LogP contribution >= 0.6 is 11.6 Å². The minimum Gasteiger partial charge on any atom is -0.469 e. The first-order chi connectivity index (χ1) is 7.14. The Balaban J connectivity index is 2.24. The lowest BCUT2D eigenvalue weighted by Gasteiger charge is -2.04. The van der Waals surface area contributed by atoms with Crippen molar-refractivity contribution in [1.29, 1.82) is 0 Å². The fourth-order valence-electron chi connectivity index (χ4n) is 1.10. The molecule has 4 nitrogen and oxygen atoms in total. The van der Waals surface area contributed by atoms with Crippen LogP contribution in [0.3, 0.4) is 0 Å². The molecule has 1 rings (SSSR count). The van der Waals surface area contributed by atoms with Crippen LogP contribution in [0.5, 0.6) is 0 Å². The van der Waals surface area contributed by atoms with Crippen molar-refractivity contribution in [1.82, 2.24) is 4.72 Å². The third-order valence-corrected chi connectivity index (χ3v) is 3.56. The molecular weight excluding hydrogens is 238 g/mol. The van der Waals surface area contributed by atoms with Crippen molar-refractivity contribution in [3.8, 4) is 0 Å². The molecule has 0 aromatic carbocycles. The fourth-order valence-corrected chi connectivity index (χ4v) is 2.48. The molecule has 0 spiro atoms. The monoisotopic (exact) mass is 251 g/mol. The van der Waals surface area contributed by atoms with Crippen LogP contribution in [0.2, 0.25) is 0 Å². The van der Waals surface area contributed by atoms with E-state index >= 15 is 0 Å². The van der Waals surface area contributed by atoms with E-state index in [1.54, 1.807) is 12.3 Å². The molecule has 0 aliphatic heterocycles. The lowest BCUT2D eigenvalue weighted by molar-refractivity contribution is 0.506. The van der Waals surface area contributed by atoms with Gasteiger partial charge in [-0.2, -0.15) is 0 Å². The molecule has 1 aromatic rings. The van der Waals surface area contributed by atoms with Gasteiger partial charge in [0.2, 0.25) is 10.0 Å². The van der Waals surface area contributed by atoms with Crippen LogP contribution in [-0.2, 0) is 16.4 Å². The second kappa shape index (κ2) is 6.15. The smallest absolute Gasteiger partial charge is 0.211 e. The first kappa shape index (κ1) is 12.5. The topological polar surface area (TPSA) is 59.3 Å². The summed E-state index contributed by atoms with van der Waals surface area (Å²) in [6.45, 7) is 0.359. The molecule has 0 amide bonds. The van der Waals surface area contributed by atoms with E-state index < -0.39 is 10.0 Å². The summed E-state index contributed by atoms with van der Waals surface area (Å²) in [7, 11) is -3.17. The molecule has 6 heteroatoms. The van der Waals surface area contributed by atoms with E-state index in [1.165, 1.54) is 0 Å². The average Bonchev–Trinajstić information content (AvgIpc) is 2.67. The lowest BCUT2D eigenvalue weighted by atomic mass is 10.3. The minimum absolute atomic E-state index is 0.0780. The van der Waals surface area contributed by atoms with Crippen LogP contribution in [0, 0.1) is 0 Å². The van der Waals surface area contributed by atoms with Gasteiger partial charge < -0.3 is 4.42 Å². The molecule has 0 saturated carbocycles. The zero-order valence-corrected chi connectivity index (χ0v) is 9.85. The Morgan fingerprint density at radius 3 is 2.87 bits per heavy atom. The standard InChI is InChI=1S/C9H14ClNO3S/c10-5-2-8-15(12,13)11-6-4-9-3-1-7-14-9/h1,3,7,11H,2,4-6,8H2. The van der Waals surface area contributed by atoms with Gasteiger partial charge in [0, 0.05) is 18.8 Å². The van der Waals surface area contributed by atoms with E-state index in [2.05, 4.69) is 4.72 Å². The number of sulfonamides is 1. The van der Waals surface area contributed by atoms with Crippen molar-refractivity contribution in [2.75, 3.05) is 18.2 Å². The molecule has 15 heavy (non-hydrogen) atoms. The molecule has 0 atom stereocenters. The van der Waals surface area contributed by atoms with Crippen molar-refractivity contribution in [2.45, 2.75) is 12.8 Å². The van der Waals surface area contributed by atoms with Crippen LogP contribution in [-0.4, -0.2) is 26.6 Å². The van der Waals surface area contributed by atoms with Gasteiger partial charge >= 0.3 is 0 Å². The third kappa shape index (κ3) is 5.20. The fraction of sp³-hybridized carbons (Fsp3) is 0.556. The summed E-state index contributed by atoms with van der Waals surface area (Å²) in [5.74, 6) is 1.21. The van der Waals surface area contributed by atoms with Crippen molar-refractivity contribution in [3.63, 3.8) is 0 Å². The Hall–Kier alpha value is -0.520. The Morgan fingerprint density at radius 2 is 2.27 bits per heavy atom. The normalized spacial score (nSPS) is 11.8. The Morgan fingerprint density at radius 1 is 1.47 bits per heavy atom. The van der Waals surface area contributed by atoms with E-state index in [0.29, 0.717) is 25.3 Å². The molecule has 0 saturated heterocycles. The number of rotatable bonds is 7. The van der Waals surface area contributed by atoms with E-state index in [-0.39, 0.29) is 5.75 Å². The van der Waals surface area contributed by atoms with Crippen molar-refractivity contribution < 1.29 is 12.8 Å². The Bertz CT molecular complexity index is 361. The van der Waals surface area contributed by atoms with Gasteiger partial charge in [-0.25, -0.2) is 13.1 Å². The van der Waals surface area contributed by atoms with Gasteiger partial charge in [-0.1, -0.05) is 0 Å². The van der Waals surface area contributed by atoms with Crippen LogP contribution in [0.25, 0.3) is 0 Å². The predicted molar refractivity (Wildman–Crippen MR) is 59.5 cm³/mol. The number of hydrogen-bond donors (Lipinski definition) is 1. The quantitative estimate of drug-likeness (QED) is 0.745. The second-order valence-corrected chi connectivity index (χ2v) is 5.39. The summed E-state index contributed by atoms with van der Waals surface area (Å²) >= 11 is 5.42. The summed E-state index contributed by atoms with van der Waals surface area (Å²) in [5.41, 5.74) is 0. The van der Waals surface area contributed by atoms with E-state index in [1.807, 2.05) is 6.07 Å². The maximum absolute atomic E-state index is 11.3. The molecular formula is C9H14ClNO3S. The van der Waals surface area contributed by atoms with Gasteiger partial charge in [0.15, 0.2) is 0 Å². The number of alkyl halides is 1. The van der Waals surface area contributed by atoms with Crippen molar-refractivity contribution in [3.05, 3.63) is 24.2 Å². The summed E-state index contributed by atoms with van der Waals surface area (Å²) in [5, 5.41) is 0. The molecule has 0 aliphatic rings. The van der Waals surface area contributed by atoms with Gasteiger partial charge in [-0.15, -0.1) is 11.6 Å². The summed E-state index contributed by atoms with van der Waals surface area (Å²) in [6, 6.07) is 3.59. The largest absolute Gasteiger partial charge is 0.469 e. The maximum Gasteiger partial charge on any atom is 0.211 e. The number of halogens is 1. The van der Waals surface area contributed by atoms with Crippen LogP contribution in [0.1, 0.15) is 12.2 Å². The van der Waals surface area contributed by atoms with Crippen molar-refractivity contribution >= 4 is 21.6 Å². The molecule has 1 aromatic heterocycles. The SMILES string of the molecule is O=S(=O)(CCCCl)NCCc1ccco1. The number of furan rings is 1. The summed E-state index contributed by atoms with van der Waals surface area (Å²) in [6.07, 6.45) is 2.60. The zero-order chi connectivity index (χ0) is 11.1. The summed E-state index contributed by atoms with van der Waals surface area (Å²) < 4.78 is 30.2. The summed E-state index contributed by atoms with van der Waals surface area (Å²) in [4.78, 5) is 0. The Kier molecular flexibility index (Phi) is 5.14. The predicted octanol–water partition coefficient (Wildman–Crippen LogP) is 1.37. The maximum atomic E-state index is 11.3. The lowest BCUT2D eigenvalue weighted by Crippen LogP contribution is -2.28. The van der Waals surface area contributed by atoms with Crippen molar-refractivity contribution in [2.24, 2.45) is 0 Å². The molecule has 0 fully saturated rings. The van der Waals surface area contributed by atoms with Gasteiger partial charge in [0.1, 0.15) is 5.76 Å². The second-order valence-electron chi connectivity index (χ2n) is 3.09. The molecule has 0 aliphatic carbocycles. The first-order valence-corrected chi connectivity index (χ1v) is 6.88. The highest BCUT2D eigenvalue weighted by Gasteiger charge is 2.08. The average molecular weight is 252 g/mol. The molecule has 1 heterocycles. The van der Waals surface area contributed by atoms with Crippen LogP contribution < -0.4 is 4.72 Å². The zero-order valence-electron chi connectivity index (χ0n) is 8.28. The highest BCUT2D eigenvalue weighted by atomic mass is 35.5. The highest BCUT2D eigenvalue weighted by molar-refractivity contribution is 7.89.